The second-order valence-electron chi connectivity index (χ2n) is 7.66. The maximum Gasteiger partial charge on any atom is 0.259 e. The molecule has 1 aliphatic heterocycles. The average Bonchev–Trinajstić information content (AvgIpc) is 2.85. The van der Waals surface area contributed by atoms with Crippen molar-refractivity contribution < 1.29 is 18.9 Å². The van der Waals surface area contributed by atoms with Crippen molar-refractivity contribution in [1.82, 2.24) is 9.55 Å². The lowest BCUT2D eigenvalue weighted by Gasteiger charge is -2.28. The number of nitriles is 1. The third kappa shape index (κ3) is 3.79. The highest BCUT2D eigenvalue weighted by molar-refractivity contribution is 5.61. The van der Waals surface area contributed by atoms with E-state index < -0.39 is 5.92 Å². The molecule has 1 aliphatic rings. The van der Waals surface area contributed by atoms with Gasteiger partial charge in [0.1, 0.15) is 17.4 Å². The highest BCUT2D eigenvalue weighted by atomic mass is 16.5. The summed E-state index contributed by atoms with van der Waals surface area (Å²) in [6.45, 7) is 2.07. The van der Waals surface area contributed by atoms with Crippen LogP contribution in [0.2, 0.25) is 0 Å². The number of nitrogens with two attached hydrogens (primary N) is 1. The van der Waals surface area contributed by atoms with Crippen molar-refractivity contribution in [3.05, 3.63) is 86.9 Å². The van der Waals surface area contributed by atoms with Gasteiger partial charge in [-0.3, -0.25) is 9.78 Å². The predicted molar refractivity (Wildman–Crippen MR) is 124 cm³/mol. The molecule has 0 saturated carbocycles. The summed E-state index contributed by atoms with van der Waals surface area (Å²) in [6.07, 6.45) is 1.67. The molecule has 0 saturated heterocycles. The molecule has 2 N–H and O–H groups in total. The quantitative estimate of drug-likeness (QED) is 0.596. The monoisotopic (exact) mass is 460 g/mol. The Morgan fingerprint density at radius 3 is 2.41 bits per heavy atom. The van der Waals surface area contributed by atoms with E-state index in [2.05, 4.69) is 11.1 Å². The lowest BCUT2D eigenvalue weighted by molar-refractivity contribution is 0.323. The van der Waals surface area contributed by atoms with Crippen molar-refractivity contribution >= 4 is 0 Å². The average molecular weight is 460 g/mol. The van der Waals surface area contributed by atoms with Crippen LogP contribution in [0, 0.1) is 18.3 Å². The molecule has 0 fully saturated rings. The van der Waals surface area contributed by atoms with Crippen LogP contribution in [0.1, 0.15) is 28.4 Å². The molecule has 4 rings (SSSR count). The van der Waals surface area contributed by atoms with Crippen LogP contribution in [-0.2, 0) is 6.54 Å². The number of rotatable bonds is 6. The molecule has 0 spiro atoms. The number of aromatic nitrogens is 2. The molecule has 2 aromatic heterocycles. The Hall–Kier alpha value is -4.45. The van der Waals surface area contributed by atoms with Crippen molar-refractivity contribution in [1.29, 1.82) is 5.26 Å². The van der Waals surface area contributed by atoms with E-state index in [1.165, 1.54) is 21.3 Å². The van der Waals surface area contributed by atoms with Gasteiger partial charge in [-0.05, 0) is 36.8 Å². The van der Waals surface area contributed by atoms with Gasteiger partial charge in [0, 0.05) is 18.0 Å². The molecule has 34 heavy (non-hydrogen) atoms. The van der Waals surface area contributed by atoms with E-state index in [4.69, 9.17) is 24.7 Å². The highest BCUT2D eigenvalue weighted by Gasteiger charge is 2.35. The van der Waals surface area contributed by atoms with E-state index in [-0.39, 0.29) is 23.6 Å². The van der Waals surface area contributed by atoms with Crippen molar-refractivity contribution in [2.24, 2.45) is 5.73 Å². The molecule has 0 bridgehead atoms. The lowest BCUT2D eigenvalue weighted by Crippen LogP contribution is -2.33. The van der Waals surface area contributed by atoms with Crippen molar-refractivity contribution in [3.8, 4) is 29.1 Å². The van der Waals surface area contributed by atoms with Gasteiger partial charge in [0.05, 0.1) is 45.0 Å². The topological polar surface area (TPSA) is 122 Å². The third-order valence-corrected chi connectivity index (χ3v) is 5.76. The van der Waals surface area contributed by atoms with E-state index in [1.54, 1.807) is 29.0 Å². The van der Waals surface area contributed by atoms with Crippen molar-refractivity contribution in [2.45, 2.75) is 19.4 Å². The van der Waals surface area contributed by atoms with Gasteiger partial charge in [0.15, 0.2) is 11.5 Å². The largest absolute Gasteiger partial charge is 0.493 e. The normalized spacial score (nSPS) is 14.6. The molecule has 0 aliphatic carbocycles. The van der Waals surface area contributed by atoms with E-state index >= 15 is 0 Å². The fourth-order valence-corrected chi connectivity index (χ4v) is 4.14. The minimum atomic E-state index is -0.800. The highest BCUT2D eigenvalue weighted by Crippen LogP contribution is 2.46. The first kappa shape index (κ1) is 22.7. The molecule has 174 valence electrons. The van der Waals surface area contributed by atoms with Gasteiger partial charge in [-0.1, -0.05) is 6.07 Å². The zero-order valence-electron chi connectivity index (χ0n) is 19.3. The molecule has 1 aromatic carbocycles. The smallest absolute Gasteiger partial charge is 0.259 e. The van der Waals surface area contributed by atoms with Gasteiger partial charge in [0.25, 0.3) is 5.56 Å². The van der Waals surface area contributed by atoms with E-state index in [0.717, 1.165) is 5.69 Å². The fraction of sp³-hybridized carbons (Fsp3) is 0.240. The number of methoxy groups -OCH3 is 3. The molecule has 0 unspecified atom stereocenters. The first-order valence-corrected chi connectivity index (χ1v) is 10.4. The second kappa shape index (κ2) is 9.19. The summed E-state index contributed by atoms with van der Waals surface area (Å²) >= 11 is 0. The molecular weight excluding hydrogens is 436 g/mol. The summed E-state index contributed by atoms with van der Waals surface area (Å²) < 4.78 is 23.7. The number of allylic oxidation sites excluding steroid dienone is 1. The number of ether oxygens (including phenoxy) is 4. The van der Waals surface area contributed by atoms with E-state index in [1.807, 2.05) is 25.1 Å². The Morgan fingerprint density at radius 2 is 1.85 bits per heavy atom. The standard InChI is InChI=1S/C25H24N4O5/c1-14-9-18-22(25(30)29(14)13-16-7-5-6-8-28-16)21(17(12-26)24(27)34-18)15-10-19(31-2)23(33-4)20(11-15)32-3/h5-11,21H,13,27H2,1-4H3/t21-/m1/s1. The van der Waals surface area contributed by atoms with E-state index in [0.29, 0.717) is 39.8 Å². The Kier molecular flexibility index (Phi) is 6.15. The summed E-state index contributed by atoms with van der Waals surface area (Å²) in [7, 11) is 4.50. The Labute approximate surface area is 196 Å². The van der Waals surface area contributed by atoms with Crippen molar-refractivity contribution in [3.63, 3.8) is 0 Å². The van der Waals surface area contributed by atoms with Crippen molar-refractivity contribution in [2.75, 3.05) is 21.3 Å². The van der Waals surface area contributed by atoms with Gasteiger partial charge in [-0.15, -0.1) is 0 Å². The van der Waals surface area contributed by atoms with Crippen LogP contribution in [-0.4, -0.2) is 30.9 Å². The molecule has 3 aromatic rings. The SMILES string of the molecule is COc1cc([C@@H]2C(C#N)=C(N)Oc3cc(C)n(Cc4ccccn4)c(=O)c32)cc(OC)c1OC. The first-order valence-electron chi connectivity index (χ1n) is 10.4. The summed E-state index contributed by atoms with van der Waals surface area (Å²) in [5, 5.41) is 9.95. The number of benzene rings is 1. The van der Waals surface area contributed by atoms with Crippen LogP contribution in [0.3, 0.4) is 0 Å². The molecule has 9 nitrogen and oxygen atoms in total. The number of hydrogen-bond acceptors (Lipinski definition) is 8. The molecule has 0 amide bonds. The zero-order valence-corrected chi connectivity index (χ0v) is 19.3. The number of nitrogens with zero attached hydrogens (tertiary/aromatic N) is 3. The van der Waals surface area contributed by atoms with Crippen LogP contribution >= 0.6 is 0 Å². The molecule has 1 atom stereocenters. The second-order valence-corrected chi connectivity index (χ2v) is 7.66. The maximum absolute atomic E-state index is 13.8. The van der Waals surface area contributed by atoms with Crippen LogP contribution in [0.15, 0.2) is 58.8 Å². The summed E-state index contributed by atoms with van der Waals surface area (Å²) in [6, 6.07) is 12.8. The van der Waals surface area contributed by atoms with Gasteiger partial charge < -0.3 is 29.2 Å². The lowest BCUT2D eigenvalue weighted by atomic mass is 9.83. The van der Waals surface area contributed by atoms with Crippen LogP contribution in [0.5, 0.6) is 23.0 Å². The fourth-order valence-electron chi connectivity index (χ4n) is 4.14. The number of fused-ring (bicyclic) bond motifs is 1. The minimum absolute atomic E-state index is 0.0602. The molecule has 0 radical (unpaired) electrons. The third-order valence-electron chi connectivity index (χ3n) is 5.76. The van der Waals surface area contributed by atoms with Gasteiger partial charge in [-0.2, -0.15) is 5.26 Å². The Morgan fingerprint density at radius 1 is 1.15 bits per heavy atom. The first-order chi connectivity index (χ1) is 16.4. The van der Waals surface area contributed by atoms with Crippen LogP contribution < -0.4 is 30.2 Å². The van der Waals surface area contributed by atoms with Gasteiger partial charge in [0.2, 0.25) is 11.6 Å². The van der Waals surface area contributed by atoms with Gasteiger partial charge in [-0.25, -0.2) is 0 Å². The molecular formula is C25H24N4O5. The van der Waals surface area contributed by atoms with Crippen LogP contribution in [0.4, 0.5) is 0 Å². The zero-order chi connectivity index (χ0) is 24.4. The van der Waals surface area contributed by atoms with Gasteiger partial charge >= 0.3 is 0 Å². The van der Waals surface area contributed by atoms with Crippen LogP contribution in [0.25, 0.3) is 0 Å². The predicted octanol–water partition coefficient (Wildman–Crippen LogP) is 2.84. The molecule has 3 heterocycles. The maximum atomic E-state index is 13.8. The number of hydrogen-bond donors (Lipinski definition) is 1. The summed E-state index contributed by atoms with van der Waals surface area (Å²) in [4.78, 5) is 18.2. The number of pyridine rings is 2. The molecule has 9 heteroatoms. The van der Waals surface area contributed by atoms with E-state index in [9.17, 15) is 10.1 Å². The summed E-state index contributed by atoms with van der Waals surface area (Å²) in [5.74, 6) is 0.618. The Bertz CT molecular complexity index is 1350. The number of aryl methyl sites for hydroxylation is 1. The summed E-state index contributed by atoms with van der Waals surface area (Å²) in [5.41, 5.74) is 8.20. The Balaban J connectivity index is 1.97. The minimum Gasteiger partial charge on any atom is -0.493 e.